The van der Waals surface area contributed by atoms with Crippen molar-refractivity contribution in [2.45, 2.75) is 30.5 Å². The molecule has 1 aliphatic rings. The molecule has 0 saturated carbocycles. The molecule has 1 aliphatic heterocycles. The van der Waals surface area contributed by atoms with E-state index in [4.69, 9.17) is 4.74 Å². The molecular weight excluding hydrogens is 525 g/mol. The van der Waals surface area contributed by atoms with Crippen LogP contribution in [0.15, 0.2) is 72.0 Å². The number of ether oxygens (including phenoxy) is 1. The van der Waals surface area contributed by atoms with E-state index in [9.17, 15) is 26.4 Å². The number of aromatic nitrogens is 3. The van der Waals surface area contributed by atoms with Gasteiger partial charge in [0.05, 0.1) is 16.8 Å². The van der Waals surface area contributed by atoms with Crippen LogP contribution < -0.4 is 9.57 Å². The van der Waals surface area contributed by atoms with Gasteiger partial charge >= 0.3 is 12.1 Å². The van der Waals surface area contributed by atoms with Gasteiger partial charge in [-0.15, -0.1) is 0 Å². The van der Waals surface area contributed by atoms with E-state index in [-0.39, 0.29) is 22.8 Å². The molecule has 1 saturated heterocycles. The number of rotatable bonds is 7. The summed E-state index contributed by atoms with van der Waals surface area (Å²) in [6.45, 7) is 0.700. The average Bonchev–Trinajstić information content (AvgIpc) is 3.57. The molecule has 198 valence electrons. The van der Waals surface area contributed by atoms with Crippen LogP contribution in [-0.4, -0.2) is 52.7 Å². The molecule has 0 aliphatic carbocycles. The number of hydrogen-bond donors (Lipinski definition) is 0. The van der Waals surface area contributed by atoms with Gasteiger partial charge in [-0.1, -0.05) is 12.1 Å². The van der Waals surface area contributed by atoms with E-state index in [0.717, 1.165) is 12.8 Å². The van der Waals surface area contributed by atoms with Crippen molar-refractivity contribution in [3.8, 4) is 16.9 Å². The number of sulfonamides is 1. The number of alkyl halides is 3. The fourth-order valence-corrected chi connectivity index (χ4v) is 5.71. The first-order valence-electron chi connectivity index (χ1n) is 11.6. The van der Waals surface area contributed by atoms with Crippen LogP contribution in [0.1, 0.15) is 18.5 Å². The summed E-state index contributed by atoms with van der Waals surface area (Å²) >= 11 is 0. The summed E-state index contributed by atoms with van der Waals surface area (Å²) < 4.78 is 72.5. The van der Waals surface area contributed by atoms with Crippen LogP contribution in [0.3, 0.4) is 0 Å². The number of halogens is 3. The summed E-state index contributed by atoms with van der Waals surface area (Å²) in [5.74, 6) is -2.06. The first-order chi connectivity index (χ1) is 18.1. The van der Waals surface area contributed by atoms with E-state index in [0.29, 0.717) is 40.1 Å². The van der Waals surface area contributed by atoms with Crippen molar-refractivity contribution in [1.82, 2.24) is 19.0 Å². The van der Waals surface area contributed by atoms with Crippen LogP contribution in [0.5, 0.6) is 5.75 Å². The van der Waals surface area contributed by atoms with Gasteiger partial charge < -0.3 is 9.57 Å². The van der Waals surface area contributed by atoms with Crippen molar-refractivity contribution >= 4 is 27.0 Å². The molecule has 13 heteroatoms. The fourth-order valence-electron chi connectivity index (χ4n) is 4.19. The van der Waals surface area contributed by atoms with Gasteiger partial charge in [-0.25, -0.2) is 18.2 Å². The summed E-state index contributed by atoms with van der Waals surface area (Å²) in [6.07, 6.45) is 0.718. The van der Waals surface area contributed by atoms with Crippen molar-refractivity contribution in [1.29, 1.82) is 0 Å². The Kier molecular flexibility index (Phi) is 6.80. The Labute approximate surface area is 215 Å². The van der Waals surface area contributed by atoms with Crippen LogP contribution in [-0.2, 0) is 21.4 Å². The second-order valence-electron chi connectivity index (χ2n) is 8.52. The predicted molar refractivity (Wildman–Crippen MR) is 129 cm³/mol. The molecule has 1 fully saturated rings. The van der Waals surface area contributed by atoms with Gasteiger partial charge in [0.2, 0.25) is 10.0 Å². The maximum Gasteiger partial charge on any atom is 0.493 e. The highest BCUT2D eigenvalue weighted by molar-refractivity contribution is 7.89. The minimum Gasteiger partial charge on any atom is -0.486 e. The number of nitrogens with zero attached hydrogens (tertiary/aromatic N) is 4. The second-order valence-corrected chi connectivity index (χ2v) is 10.5. The molecule has 0 spiro atoms. The summed E-state index contributed by atoms with van der Waals surface area (Å²) in [6, 6.07) is 12.6. The molecule has 3 aromatic heterocycles. The van der Waals surface area contributed by atoms with Crippen molar-refractivity contribution in [2.75, 3.05) is 13.1 Å². The number of pyridine rings is 2. The molecule has 0 atom stereocenters. The number of hydrogen-bond acceptors (Lipinski definition) is 7. The Morgan fingerprint density at radius 3 is 2.42 bits per heavy atom. The summed E-state index contributed by atoms with van der Waals surface area (Å²) in [5.41, 5.74) is 1.19. The highest BCUT2D eigenvalue weighted by atomic mass is 32.2. The molecule has 0 N–H and O–H groups in total. The number of fused-ring (bicyclic) bond motifs is 1. The Hall–Kier alpha value is -3.97. The lowest BCUT2D eigenvalue weighted by Gasteiger charge is -2.15. The lowest BCUT2D eigenvalue weighted by atomic mass is 10.0. The van der Waals surface area contributed by atoms with E-state index in [1.165, 1.54) is 41.1 Å². The van der Waals surface area contributed by atoms with Crippen LogP contribution >= 0.6 is 0 Å². The Balaban J connectivity index is 1.53. The first-order valence-corrected chi connectivity index (χ1v) is 13.0. The topological polar surface area (TPSA) is 104 Å². The highest BCUT2D eigenvalue weighted by Gasteiger charge is 2.42. The smallest absolute Gasteiger partial charge is 0.486 e. The van der Waals surface area contributed by atoms with E-state index in [1.54, 1.807) is 30.3 Å². The minimum atomic E-state index is -5.23. The zero-order chi connectivity index (χ0) is 26.9. The fraction of sp³-hybridized carbons (Fsp3) is 0.240. The largest absolute Gasteiger partial charge is 0.493 e. The lowest BCUT2D eigenvalue weighted by Crippen LogP contribution is -2.34. The molecule has 4 heterocycles. The van der Waals surface area contributed by atoms with Crippen molar-refractivity contribution in [3.05, 3.63) is 72.8 Å². The Morgan fingerprint density at radius 2 is 1.76 bits per heavy atom. The third-order valence-electron chi connectivity index (χ3n) is 6.03. The van der Waals surface area contributed by atoms with Gasteiger partial charge in [-0.05, 0) is 60.4 Å². The maximum absolute atomic E-state index is 13.0. The van der Waals surface area contributed by atoms with Gasteiger partial charge in [0, 0.05) is 30.9 Å². The molecule has 1 aromatic carbocycles. The number of carbonyl (C=O) groups is 1. The first kappa shape index (κ1) is 25.7. The van der Waals surface area contributed by atoms with Gasteiger partial charge in [-0.2, -0.15) is 22.2 Å². The van der Waals surface area contributed by atoms with E-state index < -0.39 is 22.2 Å². The van der Waals surface area contributed by atoms with Crippen molar-refractivity contribution in [3.63, 3.8) is 0 Å². The molecule has 0 amide bonds. The lowest BCUT2D eigenvalue weighted by molar-refractivity contribution is -0.199. The van der Waals surface area contributed by atoms with Gasteiger partial charge in [0.15, 0.2) is 5.65 Å². The van der Waals surface area contributed by atoms with E-state index in [2.05, 4.69) is 14.8 Å². The zero-order valence-corrected chi connectivity index (χ0v) is 20.6. The van der Waals surface area contributed by atoms with Crippen LogP contribution in [0, 0.1) is 0 Å². The average molecular weight is 547 g/mol. The molecular formula is C25H21F3N4O5S. The van der Waals surface area contributed by atoms with Gasteiger partial charge in [0.25, 0.3) is 0 Å². The molecule has 4 aromatic rings. The Bertz CT molecular complexity index is 1570. The molecule has 5 rings (SSSR count). The van der Waals surface area contributed by atoms with Crippen LogP contribution in [0.2, 0.25) is 0 Å². The van der Waals surface area contributed by atoms with Crippen LogP contribution in [0.25, 0.3) is 22.2 Å². The van der Waals surface area contributed by atoms with E-state index in [1.807, 2.05) is 0 Å². The molecule has 0 radical (unpaired) electrons. The maximum atomic E-state index is 13.0. The normalized spacial score (nSPS) is 14.6. The SMILES string of the molecule is O=C(On1c(COc2cccnc2)cc2c(-c3ccc(S(=O)(=O)N4CCCC4)cc3)ccnc21)C(F)(F)F. The van der Waals surface area contributed by atoms with Gasteiger partial charge in [-0.3, -0.25) is 4.98 Å². The van der Waals surface area contributed by atoms with Crippen molar-refractivity contribution in [2.24, 2.45) is 0 Å². The minimum absolute atomic E-state index is 0.0429. The molecule has 0 unspecified atom stereocenters. The van der Waals surface area contributed by atoms with Crippen molar-refractivity contribution < 1.29 is 36.0 Å². The summed E-state index contributed by atoms with van der Waals surface area (Å²) in [4.78, 5) is 24.6. The Morgan fingerprint density at radius 1 is 1.03 bits per heavy atom. The van der Waals surface area contributed by atoms with E-state index >= 15 is 0 Å². The second kappa shape index (κ2) is 10.1. The quantitative estimate of drug-likeness (QED) is 0.346. The highest BCUT2D eigenvalue weighted by Crippen LogP contribution is 2.32. The predicted octanol–water partition coefficient (Wildman–Crippen LogP) is 3.98. The van der Waals surface area contributed by atoms with Gasteiger partial charge in [0.1, 0.15) is 12.4 Å². The molecule has 0 bridgehead atoms. The number of carbonyl (C=O) groups excluding carboxylic acids is 1. The third kappa shape index (κ3) is 5.07. The zero-order valence-electron chi connectivity index (χ0n) is 19.8. The van der Waals surface area contributed by atoms with Crippen LogP contribution in [0.4, 0.5) is 13.2 Å². The summed E-state index contributed by atoms with van der Waals surface area (Å²) in [5, 5.41) is 0.377. The monoisotopic (exact) mass is 546 g/mol. The standard InChI is InChI=1S/C25H21F3N4O5S/c26-25(27,28)24(33)37-32-18(16-36-19-4-3-10-29-15-19)14-22-21(9-11-30-23(22)32)17-5-7-20(8-6-17)38(34,35)31-12-1-2-13-31/h3-11,14-15H,1-2,12-13,16H2. The number of benzene rings is 1. The molecule has 9 nitrogen and oxygen atoms in total. The summed E-state index contributed by atoms with van der Waals surface area (Å²) in [7, 11) is -3.61. The third-order valence-corrected chi connectivity index (χ3v) is 7.94. The molecule has 38 heavy (non-hydrogen) atoms.